The minimum absolute atomic E-state index is 0.0189. The molecule has 2 rings (SSSR count). The van der Waals surface area contributed by atoms with Crippen molar-refractivity contribution in [2.24, 2.45) is 5.92 Å². The fourth-order valence-corrected chi connectivity index (χ4v) is 3.55. The fourth-order valence-electron chi connectivity index (χ4n) is 2.49. The molecule has 0 spiro atoms. The van der Waals surface area contributed by atoms with E-state index in [1.165, 1.54) is 11.3 Å². The highest BCUT2D eigenvalue weighted by atomic mass is 32.1. The number of carbonyl (C=O) groups is 1. The summed E-state index contributed by atoms with van der Waals surface area (Å²) in [4.78, 5) is 19.6. The van der Waals surface area contributed by atoms with Crippen LogP contribution in [0.15, 0.2) is 18.2 Å². The van der Waals surface area contributed by atoms with Gasteiger partial charge in [-0.15, -0.1) is 11.3 Å². The molecule has 0 unspecified atom stereocenters. The van der Waals surface area contributed by atoms with Gasteiger partial charge in [0.15, 0.2) is 11.5 Å². The van der Waals surface area contributed by atoms with Crippen LogP contribution in [0.4, 0.5) is 0 Å². The first-order chi connectivity index (χ1) is 11.4. The monoisotopic (exact) mass is 348 g/mol. The van der Waals surface area contributed by atoms with E-state index in [1.54, 1.807) is 19.1 Å². The molecule has 0 aliphatic rings. The van der Waals surface area contributed by atoms with Gasteiger partial charge in [-0.1, -0.05) is 13.8 Å². The molecule has 6 heteroatoms. The van der Waals surface area contributed by atoms with Crippen molar-refractivity contribution in [2.45, 2.75) is 20.8 Å². The van der Waals surface area contributed by atoms with Crippen LogP contribution in [0.1, 0.15) is 29.2 Å². The quantitative estimate of drug-likeness (QED) is 0.795. The minimum atomic E-state index is 0.0189. The van der Waals surface area contributed by atoms with Crippen molar-refractivity contribution in [1.82, 2.24) is 9.88 Å². The van der Waals surface area contributed by atoms with Crippen LogP contribution in [0, 0.1) is 12.8 Å². The molecule has 0 bridgehead atoms. The molecule has 24 heavy (non-hydrogen) atoms. The Kier molecular flexibility index (Phi) is 5.83. The molecular weight excluding hydrogens is 324 g/mol. The van der Waals surface area contributed by atoms with Gasteiger partial charge in [0.2, 0.25) is 0 Å². The summed E-state index contributed by atoms with van der Waals surface area (Å²) >= 11 is 1.41. The lowest BCUT2D eigenvalue weighted by atomic mass is 10.2. The summed E-state index contributed by atoms with van der Waals surface area (Å²) in [5.41, 5.74) is 1.66. The predicted octanol–water partition coefficient (Wildman–Crippen LogP) is 3.86. The van der Waals surface area contributed by atoms with Crippen LogP contribution in [-0.4, -0.2) is 43.6 Å². The molecule has 1 aromatic carbocycles. The van der Waals surface area contributed by atoms with E-state index in [2.05, 4.69) is 18.8 Å². The van der Waals surface area contributed by atoms with Gasteiger partial charge in [-0.3, -0.25) is 4.79 Å². The molecule has 0 aliphatic carbocycles. The van der Waals surface area contributed by atoms with Crippen molar-refractivity contribution < 1.29 is 14.3 Å². The van der Waals surface area contributed by atoms with Crippen LogP contribution in [0.25, 0.3) is 10.6 Å². The first kappa shape index (κ1) is 18.3. The van der Waals surface area contributed by atoms with Gasteiger partial charge in [-0.25, -0.2) is 4.98 Å². The van der Waals surface area contributed by atoms with E-state index in [0.717, 1.165) is 22.8 Å². The minimum Gasteiger partial charge on any atom is -0.493 e. The molecule has 0 aliphatic heterocycles. The number of hydrogen-bond donors (Lipinski definition) is 0. The molecular formula is C18H24N2O3S. The maximum Gasteiger partial charge on any atom is 0.265 e. The topological polar surface area (TPSA) is 51.7 Å². The Labute approximate surface area is 147 Å². The molecule has 1 heterocycles. The Morgan fingerprint density at radius 1 is 1.25 bits per heavy atom. The molecule has 1 amide bonds. The van der Waals surface area contributed by atoms with E-state index >= 15 is 0 Å². The number of hydrogen-bond acceptors (Lipinski definition) is 5. The third kappa shape index (κ3) is 3.87. The largest absolute Gasteiger partial charge is 0.493 e. The highest BCUT2D eigenvalue weighted by Gasteiger charge is 2.20. The number of aromatic nitrogens is 1. The molecule has 0 fully saturated rings. The van der Waals surface area contributed by atoms with Gasteiger partial charge in [-0.05, 0) is 31.0 Å². The van der Waals surface area contributed by atoms with Gasteiger partial charge >= 0.3 is 0 Å². The van der Waals surface area contributed by atoms with E-state index in [-0.39, 0.29) is 5.91 Å². The first-order valence-corrected chi connectivity index (χ1v) is 8.64. The number of thiazole rings is 1. The fraction of sp³-hybridized carbons (Fsp3) is 0.444. The van der Waals surface area contributed by atoms with Crippen molar-refractivity contribution in [1.29, 1.82) is 0 Å². The molecule has 130 valence electrons. The van der Waals surface area contributed by atoms with Crippen molar-refractivity contribution in [2.75, 3.05) is 27.8 Å². The lowest BCUT2D eigenvalue weighted by molar-refractivity contribution is 0.0783. The van der Waals surface area contributed by atoms with Gasteiger partial charge in [0.1, 0.15) is 9.88 Å². The van der Waals surface area contributed by atoms with Gasteiger partial charge in [0.05, 0.1) is 19.9 Å². The third-order valence-corrected chi connectivity index (χ3v) is 4.80. The number of amides is 1. The zero-order chi connectivity index (χ0) is 17.9. The Bertz CT molecular complexity index is 725. The average Bonchev–Trinajstić information content (AvgIpc) is 2.94. The Morgan fingerprint density at radius 2 is 1.92 bits per heavy atom. The Hall–Kier alpha value is -2.08. The van der Waals surface area contributed by atoms with E-state index in [0.29, 0.717) is 22.3 Å². The molecule has 0 radical (unpaired) electrons. The summed E-state index contributed by atoms with van der Waals surface area (Å²) < 4.78 is 10.6. The highest BCUT2D eigenvalue weighted by molar-refractivity contribution is 7.17. The summed E-state index contributed by atoms with van der Waals surface area (Å²) in [6.07, 6.45) is 0. The second-order valence-corrected chi connectivity index (χ2v) is 7.08. The average molecular weight is 348 g/mol. The van der Waals surface area contributed by atoms with Crippen LogP contribution in [0.2, 0.25) is 0 Å². The molecule has 5 nitrogen and oxygen atoms in total. The van der Waals surface area contributed by atoms with Gasteiger partial charge in [0.25, 0.3) is 5.91 Å². The molecule has 2 aromatic rings. The van der Waals surface area contributed by atoms with Crippen molar-refractivity contribution in [3.63, 3.8) is 0 Å². The number of nitrogens with zero attached hydrogens (tertiary/aromatic N) is 2. The standard InChI is InChI=1S/C18H24N2O3S/c1-11(2)10-20(4)18(21)16-12(3)19-17(24-16)13-7-8-14(22-5)15(9-13)23-6/h7-9,11H,10H2,1-6H3. The van der Waals surface area contributed by atoms with Crippen LogP contribution < -0.4 is 9.47 Å². The Morgan fingerprint density at radius 3 is 2.50 bits per heavy atom. The number of benzene rings is 1. The van der Waals surface area contributed by atoms with Crippen molar-refractivity contribution in [3.8, 4) is 22.1 Å². The smallest absolute Gasteiger partial charge is 0.265 e. The summed E-state index contributed by atoms with van der Waals surface area (Å²) in [6.45, 7) is 6.79. The summed E-state index contributed by atoms with van der Waals surface area (Å²) in [7, 11) is 5.04. The zero-order valence-electron chi connectivity index (χ0n) is 15.0. The third-order valence-electron chi connectivity index (χ3n) is 3.61. The molecule has 0 saturated carbocycles. The van der Waals surface area contributed by atoms with Crippen LogP contribution >= 0.6 is 11.3 Å². The summed E-state index contributed by atoms with van der Waals surface area (Å²) in [6, 6.07) is 5.65. The van der Waals surface area contributed by atoms with Gasteiger partial charge in [0, 0.05) is 19.2 Å². The van der Waals surface area contributed by atoms with Gasteiger partial charge in [-0.2, -0.15) is 0 Å². The van der Waals surface area contributed by atoms with E-state index in [9.17, 15) is 4.79 Å². The molecule has 1 aromatic heterocycles. The predicted molar refractivity (Wildman–Crippen MR) is 97.2 cm³/mol. The van der Waals surface area contributed by atoms with Gasteiger partial charge < -0.3 is 14.4 Å². The number of methoxy groups -OCH3 is 2. The van der Waals surface area contributed by atoms with Crippen LogP contribution in [0.5, 0.6) is 11.5 Å². The first-order valence-electron chi connectivity index (χ1n) is 7.82. The zero-order valence-corrected chi connectivity index (χ0v) is 15.9. The van der Waals surface area contributed by atoms with Crippen molar-refractivity contribution >= 4 is 17.2 Å². The number of rotatable bonds is 6. The molecule has 0 N–H and O–H groups in total. The second kappa shape index (κ2) is 7.66. The summed E-state index contributed by atoms with van der Waals surface area (Å²) in [5.74, 6) is 1.76. The van der Waals surface area contributed by atoms with E-state index in [4.69, 9.17) is 9.47 Å². The number of carbonyl (C=O) groups excluding carboxylic acids is 1. The van der Waals surface area contributed by atoms with Crippen molar-refractivity contribution in [3.05, 3.63) is 28.8 Å². The normalized spacial score (nSPS) is 10.8. The molecule has 0 saturated heterocycles. The van der Waals surface area contributed by atoms with E-state index < -0.39 is 0 Å². The lowest BCUT2D eigenvalue weighted by Crippen LogP contribution is -2.30. The maximum atomic E-state index is 12.6. The molecule has 0 atom stereocenters. The highest BCUT2D eigenvalue weighted by Crippen LogP contribution is 2.35. The maximum absolute atomic E-state index is 12.6. The lowest BCUT2D eigenvalue weighted by Gasteiger charge is -2.18. The SMILES string of the molecule is COc1ccc(-c2nc(C)c(C(=O)N(C)CC(C)C)s2)cc1OC. The number of ether oxygens (including phenoxy) is 2. The summed E-state index contributed by atoms with van der Waals surface area (Å²) in [5, 5.41) is 0.801. The Balaban J connectivity index is 2.33. The number of aryl methyl sites for hydroxylation is 1. The second-order valence-electron chi connectivity index (χ2n) is 6.08. The van der Waals surface area contributed by atoms with E-state index in [1.807, 2.05) is 32.2 Å². The van der Waals surface area contributed by atoms with Crippen LogP contribution in [0.3, 0.4) is 0 Å². The van der Waals surface area contributed by atoms with Crippen LogP contribution in [-0.2, 0) is 0 Å².